The standard InChI is InChI=1S/C29H35NO8/c1-2-34-27(32)20-24(31)28-26(37-19-13-30-11-17-33-18-12-30)21-25-23(10-16-36-25)29(28)38-15-7-6-14-35-22-8-4-3-5-9-22/h3-5,8-10,16,21H,2,6-7,11-15,17-20H2,1H3. The molecule has 0 radical (unpaired) electrons. The smallest absolute Gasteiger partial charge is 0.313 e. The molecule has 1 saturated heterocycles. The molecule has 0 N–H and O–H groups in total. The van der Waals surface area contributed by atoms with E-state index in [4.69, 9.17) is 28.1 Å². The summed E-state index contributed by atoms with van der Waals surface area (Å²) in [4.78, 5) is 27.8. The van der Waals surface area contributed by atoms with Crippen molar-refractivity contribution in [2.75, 3.05) is 59.3 Å². The maximum Gasteiger partial charge on any atom is 0.313 e. The number of hydrogen-bond acceptors (Lipinski definition) is 9. The fraction of sp³-hybridized carbons (Fsp3) is 0.448. The first kappa shape index (κ1) is 27.5. The molecular weight excluding hydrogens is 490 g/mol. The van der Waals surface area contributed by atoms with Crippen molar-refractivity contribution in [2.45, 2.75) is 26.2 Å². The quantitative estimate of drug-likeness (QED) is 0.123. The molecule has 4 rings (SSSR count). The Kier molecular flexibility index (Phi) is 10.4. The molecule has 0 aliphatic carbocycles. The van der Waals surface area contributed by atoms with E-state index in [0.29, 0.717) is 68.5 Å². The Labute approximate surface area is 222 Å². The van der Waals surface area contributed by atoms with E-state index in [0.717, 1.165) is 25.3 Å². The van der Waals surface area contributed by atoms with Crippen LogP contribution in [0.4, 0.5) is 0 Å². The summed E-state index contributed by atoms with van der Waals surface area (Å²) in [5.41, 5.74) is 0.774. The zero-order valence-electron chi connectivity index (χ0n) is 21.8. The second-order valence-corrected chi connectivity index (χ2v) is 8.84. The van der Waals surface area contributed by atoms with E-state index >= 15 is 0 Å². The molecule has 0 spiro atoms. The highest BCUT2D eigenvalue weighted by Gasteiger charge is 2.26. The lowest BCUT2D eigenvalue weighted by Gasteiger charge is -2.26. The minimum absolute atomic E-state index is 0.199. The normalized spacial score (nSPS) is 13.8. The highest BCUT2D eigenvalue weighted by Crippen LogP contribution is 2.39. The third kappa shape index (κ3) is 7.72. The Bertz CT molecular complexity index is 1170. The molecule has 1 aliphatic rings. The number of benzene rings is 2. The number of ether oxygens (including phenoxy) is 5. The first-order chi connectivity index (χ1) is 18.7. The van der Waals surface area contributed by atoms with Gasteiger partial charge in [-0.2, -0.15) is 0 Å². The van der Waals surface area contributed by atoms with Crippen molar-refractivity contribution >= 4 is 22.7 Å². The number of morpholine rings is 1. The predicted molar refractivity (Wildman–Crippen MR) is 141 cm³/mol. The van der Waals surface area contributed by atoms with Crippen LogP contribution in [0.25, 0.3) is 11.0 Å². The average Bonchev–Trinajstić information content (AvgIpc) is 3.40. The number of ketones is 1. The highest BCUT2D eigenvalue weighted by molar-refractivity contribution is 6.12. The summed E-state index contributed by atoms with van der Waals surface area (Å²) in [5, 5.41) is 0.651. The number of hydrogen-bond donors (Lipinski definition) is 0. The minimum Gasteiger partial charge on any atom is -0.494 e. The topological polar surface area (TPSA) is 96.7 Å². The van der Waals surface area contributed by atoms with E-state index in [1.165, 1.54) is 0 Å². The van der Waals surface area contributed by atoms with E-state index in [-0.39, 0.29) is 12.2 Å². The van der Waals surface area contributed by atoms with Crippen LogP contribution in [0.2, 0.25) is 0 Å². The maximum absolute atomic E-state index is 13.4. The minimum atomic E-state index is -0.590. The number of rotatable bonds is 15. The molecule has 0 unspecified atom stereocenters. The third-order valence-corrected chi connectivity index (χ3v) is 6.13. The summed E-state index contributed by atoms with van der Waals surface area (Å²) in [6, 6.07) is 13.1. The van der Waals surface area contributed by atoms with Gasteiger partial charge < -0.3 is 28.1 Å². The number of carbonyl (C=O) groups is 2. The number of para-hydroxylation sites is 1. The molecule has 204 valence electrons. The van der Waals surface area contributed by atoms with Gasteiger partial charge in [-0.15, -0.1) is 0 Å². The van der Waals surface area contributed by atoms with Crippen LogP contribution in [0.15, 0.2) is 53.1 Å². The van der Waals surface area contributed by atoms with Gasteiger partial charge in [-0.25, -0.2) is 0 Å². The van der Waals surface area contributed by atoms with Gasteiger partial charge in [0.1, 0.15) is 41.4 Å². The molecule has 2 aromatic carbocycles. The van der Waals surface area contributed by atoms with Crippen molar-refractivity contribution in [2.24, 2.45) is 0 Å². The Hall–Kier alpha value is -3.56. The monoisotopic (exact) mass is 525 g/mol. The predicted octanol–water partition coefficient (Wildman–Crippen LogP) is 4.52. The van der Waals surface area contributed by atoms with E-state index in [1.54, 1.807) is 25.3 Å². The van der Waals surface area contributed by atoms with E-state index in [2.05, 4.69) is 4.90 Å². The van der Waals surface area contributed by atoms with Crippen LogP contribution in [0, 0.1) is 0 Å². The van der Waals surface area contributed by atoms with Gasteiger partial charge in [0.25, 0.3) is 0 Å². The van der Waals surface area contributed by atoms with Crippen molar-refractivity contribution < 1.29 is 37.7 Å². The van der Waals surface area contributed by atoms with Gasteiger partial charge in [0.2, 0.25) is 0 Å². The molecule has 2 heterocycles. The Morgan fingerprint density at radius 2 is 1.71 bits per heavy atom. The van der Waals surface area contributed by atoms with Crippen molar-refractivity contribution in [3.63, 3.8) is 0 Å². The van der Waals surface area contributed by atoms with Gasteiger partial charge in [0, 0.05) is 25.7 Å². The summed E-state index contributed by atoms with van der Waals surface area (Å²) >= 11 is 0. The lowest BCUT2D eigenvalue weighted by Crippen LogP contribution is -2.38. The summed E-state index contributed by atoms with van der Waals surface area (Å²) in [6.45, 7) is 6.90. The van der Waals surface area contributed by atoms with Gasteiger partial charge >= 0.3 is 5.97 Å². The largest absolute Gasteiger partial charge is 0.494 e. The number of unbranched alkanes of at least 4 members (excludes halogenated alkanes) is 1. The van der Waals surface area contributed by atoms with Gasteiger partial charge in [0.05, 0.1) is 44.7 Å². The van der Waals surface area contributed by atoms with Gasteiger partial charge in [-0.05, 0) is 38.0 Å². The summed E-state index contributed by atoms with van der Waals surface area (Å²) in [5.74, 6) is 0.499. The van der Waals surface area contributed by atoms with Crippen LogP contribution < -0.4 is 14.2 Å². The number of fused-ring (bicyclic) bond motifs is 1. The molecule has 1 aliphatic heterocycles. The zero-order valence-corrected chi connectivity index (χ0v) is 21.8. The van der Waals surface area contributed by atoms with E-state index in [1.807, 2.05) is 30.3 Å². The molecule has 3 aromatic rings. The fourth-order valence-corrected chi connectivity index (χ4v) is 4.21. The molecule has 9 nitrogen and oxygen atoms in total. The van der Waals surface area contributed by atoms with Crippen LogP contribution >= 0.6 is 0 Å². The van der Waals surface area contributed by atoms with Gasteiger partial charge in [-0.3, -0.25) is 14.5 Å². The van der Waals surface area contributed by atoms with Gasteiger partial charge in [0.15, 0.2) is 5.78 Å². The molecule has 9 heteroatoms. The van der Waals surface area contributed by atoms with Crippen molar-refractivity contribution in [3.8, 4) is 17.2 Å². The molecule has 0 atom stereocenters. The first-order valence-electron chi connectivity index (χ1n) is 13.1. The maximum atomic E-state index is 13.4. The molecular formula is C29H35NO8. The van der Waals surface area contributed by atoms with Crippen molar-refractivity contribution in [1.82, 2.24) is 4.90 Å². The third-order valence-electron chi connectivity index (χ3n) is 6.13. The summed E-state index contributed by atoms with van der Waals surface area (Å²) in [6.07, 6.45) is 2.62. The van der Waals surface area contributed by atoms with Crippen LogP contribution in [0.3, 0.4) is 0 Å². The van der Waals surface area contributed by atoms with E-state index < -0.39 is 18.2 Å². The molecule has 0 saturated carbocycles. The molecule has 1 fully saturated rings. The number of furan rings is 1. The summed E-state index contributed by atoms with van der Waals surface area (Å²) < 4.78 is 34.1. The highest BCUT2D eigenvalue weighted by atomic mass is 16.5. The van der Waals surface area contributed by atoms with Crippen LogP contribution in [0.1, 0.15) is 36.5 Å². The molecule has 0 amide bonds. The van der Waals surface area contributed by atoms with Crippen LogP contribution in [0.5, 0.6) is 17.2 Å². The SMILES string of the molecule is CCOC(=O)CC(=O)c1c(OCCN2CCOCC2)cc2occc2c1OCCCCOc1ccccc1. The average molecular weight is 526 g/mol. The number of Topliss-reactive ketones (excluding diaryl/α,β-unsaturated/α-hetero) is 1. The zero-order chi connectivity index (χ0) is 26.6. The lowest BCUT2D eigenvalue weighted by molar-refractivity contribution is -0.141. The second-order valence-electron chi connectivity index (χ2n) is 8.84. The van der Waals surface area contributed by atoms with E-state index in [9.17, 15) is 9.59 Å². The number of carbonyl (C=O) groups excluding carboxylic acids is 2. The fourth-order valence-electron chi connectivity index (χ4n) is 4.21. The number of esters is 1. The first-order valence-corrected chi connectivity index (χ1v) is 13.1. The molecule has 38 heavy (non-hydrogen) atoms. The second kappa shape index (κ2) is 14.4. The van der Waals surface area contributed by atoms with Crippen molar-refractivity contribution in [3.05, 3.63) is 54.3 Å². The molecule has 1 aromatic heterocycles. The number of nitrogens with zero attached hydrogens (tertiary/aromatic N) is 1. The lowest BCUT2D eigenvalue weighted by atomic mass is 10.0. The van der Waals surface area contributed by atoms with Crippen LogP contribution in [-0.4, -0.2) is 75.9 Å². The van der Waals surface area contributed by atoms with Crippen LogP contribution in [-0.2, 0) is 14.3 Å². The Morgan fingerprint density at radius 1 is 0.947 bits per heavy atom. The Morgan fingerprint density at radius 3 is 2.47 bits per heavy atom. The van der Waals surface area contributed by atoms with Crippen molar-refractivity contribution in [1.29, 1.82) is 0 Å². The molecule has 0 bridgehead atoms. The Balaban J connectivity index is 1.46. The summed E-state index contributed by atoms with van der Waals surface area (Å²) in [7, 11) is 0. The van der Waals surface area contributed by atoms with Gasteiger partial charge in [-0.1, -0.05) is 18.2 Å².